The van der Waals surface area contributed by atoms with Crippen LogP contribution in [0.3, 0.4) is 0 Å². The monoisotopic (exact) mass is 360 g/mol. The SMILES string of the molecule is CCN(C(=O)c1cncc(C(=O)NCc2cccnc2)c1)c1ccccc1. The third-order valence-electron chi connectivity index (χ3n) is 4.05. The summed E-state index contributed by atoms with van der Waals surface area (Å²) in [7, 11) is 0. The summed E-state index contributed by atoms with van der Waals surface area (Å²) >= 11 is 0. The number of hydrogen-bond acceptors (Lipinski definition) is 4. The van der Waals surface area contributed by atoms with Gasteiger partial charge in [-0.3, -0.25) is 19.6 Å². The van der Waals surface area contributed by atoms with E-state index in [-0.39, 0.29) is 11.8 Å². The van der Waals surface area contributed by atoms with Crippen LogP contribution in [0, 0.1) is 0 Å². The molecule has 2 amide bonds. The highest BCUT2D eigenvalue weighted by Crippen LogP contribution is 2.17. The van der Waals surface area contributed by atoms with Gasteiger partial charge in [0.15, 0.2) is 0 Å². The average molecular weight is 360 g/mol. The molecular weight excluding hydrogens is 340 g/mol. The van der Waals surface area contributed by atoms with Crippen LogP contribution in [-0.2, 0) is 6.54 Å². The third-order valence-corrected chi connectivity index (χ3v) is 4.05. The number of nitrogens with one attached hydrogen (secondary N) is 1. The molecule has 3 rings (SSSR count). The van der Waals surface area contributed by atoms with Crippen molar-refractivity contribution >= 4 is 17.5 Å². The second kappa shape index (κ2) is 8.71. The van der Waals surface area contributed by atoms with E-state index in [2.05, 4.69) is 15.3 Å². The Morgan fingerprint density at radius 3 is 2.44 bits per heavy atom. The standard InChI is InChI=1S/C21H20N4O2/c1-2-25(19-8-4-3-5-9-19)21(27)18-11-17(14-23-15-18)20(26)24-13-16-7-6-10-22-12-16/h3-12,14-15H,2,13H2,1H3,(H,24,26). The second-order valence-electron chi connectivity index (χ2n) is 5.89. The van der Waals surface area contributed by atoms with E-state index in [1.807, 2.05) is 49.4 Å². The molecule has 6 nitrogen and oxygen atoms in total. The highest BCUT2D eigenvalue weighted by Gasteiger charge is 2.18. The summed E-state index contributed by atoms with van der Waals surface area (Å²) in [5.74, 6) is -0.484. The van der Waals surface area contributed by atoms with Gasteiger partial charge in [-0.15, -0.1) is 0 Å². The molecule has 0 spiro atoms. The van der Waals surface area contributed by atoms with Crippen LogP contribution in [0.15, 0.2) is 73.3 Å². The Morgan fingerprint density at radius 2 is 1.74 bits per heavy atom. The molecule has 1 aromatic carbocycles. The summed E-state index contributed by atoms with van der Waals surface area (Å²) in [5.41, 5.74) is 2.41. The Labute approximate surface area is 157 Å². The van der Waals surface area contributed by atoms with Crippen LogP contribution in [0.4, 0.5) is 5.69 Å². The van der Waals surface area contributed by atoms with Crippen molar-refractivity contribution in [1.82, 2.24) is 15.3 Å². The van der Waals surface area contributed by atoms with Crippen molar-refractivity contribution in [3.8, 4) is 0 Å². The third kappa shape index (κ3) is 4.55. The fraction of sp³-hybridized carbons (Fsp3) is 0.143. The van der Waals surface area contributed by atoms with Crippen LogP contribution in [-0.4, -0.2) is 28.3 Å². The molecule has 2 aromatic heterocycles. The van der Waals surface area contributed by atoms with Gasteiger partial charge in [0.2, 0.25) is 0 Å². The minimum atomic E-state index is -0.288. The lowest BCUT2D eigenvalue weighted by molar-refractivity contribution is 0.0950. The minimum absolute atomic E-state index is 0.196. The average Bonchev–Trinajstić information content (AvgIpc) is 2.74. The van der Waals surface area contributed by atoms with E-state index in [1.54, 1.807) is 23.4 Å². The molecule has 0 radical (unpaired) electrons. The van der Waals surface area contributed by atoms with Crippen LogP contribution in [0.25, 0.3) is 0 Å². The molecule has 0 saturated heterocycles. The van der Waals surface area contributed by atoms with Crippen molar-refractivity contribution in [2.24, 2.45) is 0 Å². The van der Waals surface area contributed by atoms with Crippen molar-refractivity contribution in [1.29, 1.82) is 0 Å². The first kappa shape index (κ1) is 18.3. The first-order valence-electron chi connectivity index (χ1n) is 8.68. The maximum absolute atomic E-state index is 12.9. The van der Waals surface area contributed by atoms with Gasteiger partial charge < -0.3 is 10.2 Å². The molecule has 0 saturated carbocycles. The lowest BCUT2D eigenvalue weighted by atomic mass is 10.1. The van der Waals surface area contributed by atoms with Crippen molar-refractivity contribution < 1.29 is 9.59 Å². The number of benzene rings is 1. The molecular formula is C21H20N4O2. The topological polar surface area (TPSA) is 75.2 Å². The quantitative estimate of drug-likeness (QED) is 0.733. The summed E-state index contributed by atoms with van der Waals surface area (Å²) in [6.45, 7) is 2.78. The summed E-state index contributed by atoms with van der Waals surface area (Å²) in [5, 5.41) is 2.81. The Kier molecular flexibility index (Phi) is 5.89. The summed E-state index contributed by atoms with van der Waals surface area (Å²) in [6, 6.07) is 14.7. The van der Waals surface area contributed by atoms with Crippen LogP contribution in [0.2, 0.25) is 0 Å². The molecule has 27 heavy (non-hydrogen) atoms. The van der Waals surface area contributed by atoms with E-state index >= 15 is 0 Å². The largest absolute Gasteiger partial charge is 0.348 e. The number of aromatic nitrogens is 2. The predicted molar refractivity (Wildman–Crippen MR) is 103 cm³/mol. The van der Waals surface area contributed by atoms with Crippen molar-refractivity contribution in [3.63, 3.8) is 0 Å². The van der Waals surface area contributed by atoms with Gasteiger partial charge in [-0.05, 0) is 36.8 Å². The van der Waals surface area contributed by atoms with Gasteiger partial charge in [-0.1, -0.05) is 24.3 Å². The summed E-state index contributed by atoms with van der Waals surface area (Å²) in [4.78, 5) is 35.0. The zero-order chi connectivity index (χ0) is 19.1. The molecule has 0 atom stereocenters. The zero-order valence-electron chi connectivity index (χ0n) is 15.0. The van der Waals surface area contributed by atoms with Crippen molar-refractivity contribution in [2.45, 2.75) is 13.5 Å². The summed E-state index contributed by atoms with van der Waals surface area (Å²) in [6.07, 6.45) is 6.30. The van der Waals surface area contributed by atoms with Gasteiger partial charge in [0.1, 0.15) is 0 Å². The molecule has 0 bridgehead atoms. The lowest BCUT2D eigenvalue weighted by Crippen LogP contribution is -2.31. The fourth-order valence-electron chi connectivity index (χ4n) is 2.68. The highest BCUT2D eigenvalue weighted by molar-refractivity contribution is 6.07. The Balaban J connectivity index is 1.74. The molecule has 3 aromatic rings. The van der Waals surface area contributed by atoms with E-state index < -0.39 is 0 Å². The first-order chi connectivity index (χ1) is 13.2. The second-order valence-corrected chi connectivity index (χ2v) is 5.89. The number of carbonyl (C=O) groups excluding carboxylic acids is 2. The van der Waals surface area contributed by atoms with E-state index in [9.17, 15) is 9.59 Å². The molecule has 0 fully saturated rings. The smallest absolute Gasteiger partial charge is 0.259 e. The van der Waals surface area contributed by atoms with Crippen molar-refractivity contribution in [3.05, 3.63) is 90.0 Å². The molecule has 0 aliphatic heterocycles. The van der Waals surface area contributed by atoms with Gasteiger partial charge >= 0.3 is 0 Å². The molecule has 0 unspecified atom stereocenters. The van der Waals surface area contributed by atoms with E-state index in [1.165, 1.54) is 12.4 Å². The fourth-order valence-corrected chi connectivity index (χ4v) is 2.68. The van der Waals surface area contributed by atoms with Crippen LogP contribution in [0.1, 0.15) is 33.2 Å². The van der Waals surface area contributed by atoms with Gasteiger partial charge in [-0.25, -0.2) is 0 Å². The normalized spacial score (nSPS) is 10.3. The first-order valence-corrected chi connectivity index (χ1v) is 8.68. The highest BCUT2D eigenvalue weighted by atomic mass is 16.2. The molecule has 6 heteroatoms. The molecule has 0 aliphatic rings. The number of hydrogen-bond donors (Lipinski definition) is 1. The zero-order valence-corrected chi connectivity index (χ0v) is 15.0. The minimum Gasteiger partial charge on any atom is -0.348 e. The Bertz CT molecular complexity index is 914. The van der Waals surface area contributed by atoms with E-state index in [0.29, 0.717) is 24.2 Å². The predicted octanol–water partition coefficient (Wildman–Crippen LogP) is 3.07. The van der Waals surface area contributed by atoms with E-state index in [0.717, 1.165) is 11.3 Å². The van der Waals surface area contributed by atoms with Crippen LogP contribution in [0.5, 0.6) is 0 Å². The number of carbonyl (C=O) groups is 2. The summed E-state index contributed by atoms with van der Waals surface area (Å²) < 4.78 is 0. The lowest BCUT2D eigenvalue weighted by Gasteiger charge is -2.21. The molecule has 136 valence electrons. The number of rotatable bonds is 6. The number of anilines is 1. The molecule has 2 heterocycles. The van der Waals surface area contributed by atoms with Crippen LogP contribution >= 0.6 is 0 Å². The molecule has 1 N–H and O–H groups in total. The van der Waals surface area contributed by atoms with E-state index in [4.69, 9.17) is 0 Å². The number of nitrogens with zero attached hydrogens (tertiary/aromatic N) is 3. The number of amides is 2. The Morgan fingerprint density at radius 1 is 0.963 bits per heavy atom. The molecule has 0 aliphatic carbocycles. The van der Waals surface area contributed by atoms with Gasteiger partial charge in [-0.2, -0.15) is 0 Å². The Hall–Kier alpha value is -3.54. The van der Waals surface area contributed by atoms with Gasteiger partial charge in [0.05, 0.1) is 11.1 Å². The van der Waals surface area contributed by atoms with Crippen molar-refractivity contribution in [2.75, 3.05) is 11.4 Å². The maximum Gasteiger partial charge on any atom is 0.259 e. The number of pyridine rings is 2. The van der Waals surface area contributed by atoms with Gasteiger partial charge in [0, 0.05) is 43.6 Å². The maximum atomic E-state index is 12.9. The van der Waals surface area contributed by atoms with Gasteiger partial charge in [0.25, 0.3) is 11.8 Å². The van der Waals surface area contributed by atoms with Crippen LogP contribution < -0.4 is 10.2 Å². The number of para-hydroxylation sites is 1.